The first-order valence-electron chi connectivity index (χ1n) is 13.7. The number of ether oxygens (including phenoxy) is 2. The topological polar surface area (TPSA) is 55.8 Å². The van der Waals surface area contributed by atoms with Crippen LogP contribution in [0.5, 0.6) is 5.75 Å². The zero-order chi connectivity index (χ0) is 28.6. The predicted molar refractivity (Wildman–Crippen MR) is 158 cm³/mol. The first kappa shape index (κ1) is 27.8. The van der Waals surface area contributed by atoms with E-state index < -0.39 is 5.97 Å². The van der Waals surface area contributed by atoms with Crippen molar-refractivity contribution < 1.29 is 23.5 Å². The van der Waals surface area contributed by atoms with E-state index in [1.165, 1.54) is 30.9 Å². The SMILES string of the molecule is COC(=O)C=Cc1ccc([C@@H]2[C@@H](CCCc3ccccc3)C(=O)N2c2ccc(F)cc2)c(OCc2ccccc2)c1. The van der Waals surface area contributed by atoms with Gasteiger partial charge in [-0.2, -0.15) is 0 Å². The fourth-order valence-electron chi connectivity index (χ4n) is 5.24. The molecular weight excluding hydrogens is 517 g/mol. The van der Waals surface area contributed by atoms with Crippen molar-refractivity contribution in [1.82, 2.24) is 0 Å². The number of hydrogen-bond donors (Lipinski definition) is 0. The number of halogens is 1. The van der Waals surface area contributed by atoms with E-state index in [-0.39, 0.29) is 23.7 Å². The lowest BCUT2D eigenvalue weighted by Crippen LogP contribution is -2.55. The summed E-state index contributed by atoms with van der Waals surface area (Å²) in [5.41, 5.74) is 4.52. The zero-order valence-electron chi connectivity index (χ0n) is 22.9. The summed E-state index contributed by atoms with van der Waals surface area (Å²) in [7, 11) is 1.33. The molecule has 5 rings (SSSR count). The smallest absolute Gasteiger partial charge is 0.330 e. The Morgan fingerprint density at radius 3 is 2.27 bits per heavy atom. The molecule has 41 heavy (non-hydrogen) atoms. The Morgan fingerprint density at radius 2 is 1.59 bits per heavy atom. The Balaban J connectivity index is 1.47. The number of rotatable bonds is 11. The number of anilines is 1. The van der Waals surface area contributed by atoms with Crippen molar-refractivity contribution in [3.05, 3.63) is 137 Å². The summed E-state index contributed by atoms with van der Waals surface area (Å²) >= 11 is 0. The second-order valence-electron chi connectivity index (χ2n) is 10.0. The third-order valence-corrected chi connectivity index (χ3v) is 7.35. The van der Waals surface area contributed by atoms with Crippen molar-refractivity contribution in [3.63, 3.8) is 0 Å². The molecule has 0 saturated carbocycles. The Labute approximate surface area is 239 Å². The summed E-state index contributed by atoms with van der Waals surface area (Å²) in [4.78, 5) is 27.0. The molecule has 0 unspecified atom stereocenters. The minimum Gasteiger partial charge on any atom is -0.489 e. The number of nitrogens with zero attached hydrogens (tertiary/aromatic N) is 1. The van der Waals surface area contributed by atoms with Crippen LogP contribution in [0, 0.1) is 11.7 Å². The van der Waals surface area contributed by atoms with Crippen LogP contribution in [0.2, 0.25) is 0 Å². The minimum absolute atomic E-state index is 0.0124. The molecule has 6 heteroatoms. The van der Waals surface area contributed by atoms with Gasteiger partial charge < -0.3 is 14.4 Å². The van der Waals surface area contributed by atoms with Crippen LogP contribution < -0.4 is 9.64 Å². The van der Waals surface area contributed by atoms with Crippen molar-refractivity contribution in [3.8, 4) is 5.75 Å². The van der Waals surface area contributed by atoms with E-state index in [0.29, 0.717) is 24.5 Å². The van der Waals surface area contributed by atoms with E-state index in [0.717, 1.165) is 29.5 Å². The number of amides is 1. The Bertz CT molecular complexity index is 1500. The van der Waals surface area contributed by atoms with Crippen molar-refractivity contribution in [2.45, 2.75) is 31.9 Å². The number of benzene rings is 4. The number of β-lactam (4-membered cyclic amide) rings is 1. The maximum atomic E-state index is 13.8. The summed E-state index contributed by atoms with van der Waals surface area (Å²) in [5, 5.41) is 0. The molecule has 0 radical (unpaired) electrons. The number of methoxy groups -OCH3 is 1. The first-order chi connectivity index (χ1) is 20.0. The lowest BCUT2D eigenvalue weighted by atomic mass is 9.78. The predicted octanol–water partition coefficient (Wildman–Crippen LogP) is 7.32. The van der Waals surface area contributed by atoms with Crippen molar-refractivity contribution >= 4 is 23.6 Å². The Hall–Kier alpha value is -4.71. The van der Waals surface area contributed by atoms with Crippen molar-refractivity contribution in [2.75, 3.05) is 12.0 Å². The van der Waals surface area contributed by atoms with Crippen molar-refractivity contribution in [2.24, 2.45) is 5.92 Å². The molecule has 4 aromatic carbocycles. The van der Waals surface area contributed by atoms with Crippen LogP contribution in [-0.2, 0) is 27.4 Å². The van der Waals surface area contributed by atoms with Gasteiger partial charge in [-0.15, -0.1) is 0 Å². The fraction of sp³-hybridized carbons (Fsp3) is 0.200. The van der Waals surface area contributed by atoms with Crippen LogP contribution in [0.25, 0.3) is 6.08 Å². The number of aryl methyl sites for hydroxylation is 1. The van der Waals surface area contributed by atoms with E-state index >= 15 is 0 Å². The molecule has 1 aliphatic heterocycles. The van der Waals surface area contributed by atoms with Gasteiger partial charge in [-0.3, -0.25) is 4.79 Å². The van der Waals surface area contributed by atoms with E-state index in [4.69, 9.17) is 9.47 Å². The standard InChI is InChI=1S/C35H32FNO4/c1-40-33(38)22-16-26-15-21-30(32(23-26)41-24-27-11-6-3-7-12-27)34-31(14-8-13-25-9-4-2-5-10-25)35(39)37(34)29-19-17-28(36)18-20-29/h2-7,9-12,15-23,31,34H,8,13-14,24H2,1H3/t31-,34-/m1/s1. The lowest BCUT2D eigenvalue weighted by molar-refractivity contribution is -0.134. The highest BCUT2D eigenvalue weighted by molar-refractivity contribution is 6.03. The highest BCUT2D eigenvalue weighted by Crippen LogP contribution is 2.48. The molecule has 1 saturated heterocycles. The highest BCUT2D eigenvalue weighted by Gasteiger charge is 2.49. The second kappa shape index (κ2) is 13.1. The molecule has 2 atom stereocenters. The third-order valence-electron chi connectivity index (χ3n) is 7.35. The maximum Gasteiger partial charge on any atom is 0.330 e. The van der Waals surface area contributed by atoms with Gasteiger partial charge >= 0.3 is 5.97 Å². The number of carbonyl (C=O) groups excluding carboxylic acids is 2. The molecular formula is C35H32FNO4. The fourth-order valence-corrected chi connectivity index (χ4v) is 5.24. The van der Waals surface area contributed by atoms with Gasteiger partial charge in [0, 0.05) is 17.3 Å². The van der Waals surface area contributed by atoms with Crippen LogP contribution in [0.4, 0.5) is 10.1 Å². The summed E-state index contributed by atoms with van der Waals surface area (Å²) in [5.74, 6) is -0.422. The summed E-state index contributed by atoms with van der Waals surface area (Å²) in [6, 6.07) is 31.6. The van der Waals surface area contributed by atoms with Crippen LogP contribution in [-0.4, -0.2) is 19.0 Å². The molecule has 5 nitrogen and oxygen atoms in total. The third kappa shape index (κ3) is 6.72. The van der Waals surface area contributed by atoms with Crippen LogP contribution >= 0.6 is 0 Å². The van der Waals surface area contributed by atoms with Crippen LogP contribution in [0.3, 0.4) is 0 Å². The van der Waals surface area contributed by atoms with Gasteiger partial charge in [0.15, 0.2) is 0 Å². The van der Waals surface area contributed by atoms with E-state index in [9.17, 15) is 14.0 Å². The van der Waals surface area contributed by atoms with E-state index in [1.807, 2.05) is 66.7 Å². The van der Waals surface area contributed by atoms with Gasteiger partial charge in [-0.05, 0) is 72.4 Å². The van der Waals surface area contributed by atoms with E-state index in [2.05, 4.69) is 12.1 Å². The van der Waals surface area contributed by atoms with Gasteiger partial charge in [0.2, 0.25) is 5.91 Å². The highest BCUT2D eigenvalue weighted by atomic mass is 19.1. The van der Waals surface area contributed by atoms with Crippen molar-refractivity contribution in [1.29, 1.82) is 0 Å². The molecule has 0 spiro atoms. The average molecular weight is 550 g/mol. The normalized spacial score (nSPS) is 16.4. The lowest BCUT2D eigenvalue weighted by Gasteiger charge is -2.48. The number of esters is 1. The Morgan fingerprint density at radius 1 is 0.902 bits per heavy atom. The quantitative estimate of drug-likeness (QED) is 0.112. The van der Waals surface area contributed by atoms with Gasteiger partial charge in [0.05, 0.1) is 19.1 Å². The molecule has 1 fully saturated rings. The summed E-state index contributed by atoms with van der Waals surface area (Å²) < 4.78 is 24.9. The van der Waals surface area contributed by atoms with Crippen LogP contribution in [0.1, 0.15) is 41.1 Å². The average Bonchev–Trinajstić information content (AvgIpc) is 3.01. The van der Waals surface area contributed by atoms with Gasteiger partial charge in [-0.25, -0.2) is 9.18 Å². The number of carbonyl (C=O) groups is 2. The molecule has 1 amide bonds. The maximum absolute atomic E-state index is 13.8. The molecule has 4 aromatic rings. The molecule has 208 valence electrons. The minimum atomic E-state index is -0.452. The molecule has 0 N–H and O–H groups in total. The molecule has 0 aliphatic carbocycles. The number of hydrogen-bond acceptors (Lipinski definition) is 4. The van der Waals surface area contributed by atoms with Gasteiger partial charge in [0.25, 0.3) is 0 Å². The van der Waals surface area contributed by atoms with Crippen LogP contribution in [0.15, 0.2) is 109 Å². The molecule has 1 heterocycles. The first-order valence-corrected chi connectivity index (χ1v) is 13.7. The summed E-state index contributed by atoms with van der Waals surface area (Å²) in [6.07, 6.45) is 5.47. The zero-order valence-corrected chi connectivity index (χ0v) is 22.9. The monoisotopic (exact) mass is 549 g/mol. The second-order valence-corrected chi connectivity index (χ2v) is 10.0. The van der Waals surface area contributed by atoms with Gasteiger partial charge in [-0.1, -0.05) is 72.8 Å². The Kier molecular flexibility index (Phi) is 8.89. The molecule has 0 aromatic heterocycles. The van der Waals surface area contributed by atoms with E-state index in [1.54, 1.807) is 23.1 Å². The van der Waals surface area contributed by atoms with Gasteiger partial charge in [0.1, 0.15) is 18.2 Å². The molecule has 0 bridgehead atoms. The largest absolute Gasteiger partial charge is 0.489 e. The summed E-state index contributed by atoms with van der Waals surface area (Å²) in [6.45, 7) is 0.341. The molecule has 1 aliphatic rings.